The Bertz CT molecular complexity index is 622. The number of aryl methyl sites for hydroxylation is 2. The molecule has 100 valence electrons. The van der Waals surface area contributed by atoms with Crippen LogP contribution in [-0.4, -0.2) is 5.91 Å². The second-order valence-corrected chi connectivity index (χ2v) is 5.84. The SMILES string of the molecule is CCc1ccc(C(=O)Nc2cc(Cl)c(N)cc2C)s1. The molecule has 19 heavy (non-hydrogen) atoms. The molecule has 0 saturated heterocycles. The summed E-state index contributed by atoms with van der Waals surface area (Å²) in [7, 11) is 0. The van der Waals surface area contributed by atoms with Gasteiger partial charge < -0.3 is 11.1 Å². The van der Waals surface area contributed by atoms with Crippen molar-refractivity contribution in [2.75, 3.05) is 11.1 Å². The van der Waals surface area contributed by atoms with Crippen molar-refractivity contribution in [3.8, 4) is 0 Å². The number of nitrogen functional groups attached to an aromatic ring is 1. The number of hydrogen-bond acceptors (Lipinski definition) is 3. The quantitative estimate of drug-likeness (QED) is 0.837. The molecule has 0 atom stereocenters. The van der Waals surface area contributed by atoms with Crippen LogP contribution in [0.1, 0.15) is 27.0 Å². The average molecular weight is 295 g/mol. The lowest BCUT2D eigenvalue weighted by Gasteiger charge is -2.09. The van der Waals surface area contributed by atoms with Crippen LogP contribution in [0.25, 0.3) is 0 Å². The predicted octanol–water partition coefficient (Wildman–Crippen LogP) is 4.11. The molecule has 3 N–H and O–H groups in total. The third-order valence-electron chi connectivity index (χ3n) is 2.83. The van der Waals surface area contributed by atoms with Crippen molar-refractivity contribution in [1.29, 1.82) is 0 Å². The number of thiophene rings is 1. The molecule has 1 aromatic carbocycles. The number of amides is 1. The summed E-state index contributed by atoms with van der Waals surface area (Å²) in [4.78, 5) is 14.0. The minimum absolute atomic E-state index is 0.117. The number of carbonyl (C=O) groups is 1. The van der Waals surface area contributed by atoms with Crippen molar-refractivity contribution in [3.63, 3.8) is 0 Å². The average Bonchev–Trinajstić information content (AvgIpc) is 2.84. The molecule has 0 aliphatic rings. The monoisotopic (exact) mass is 294 g/mol. The smallest absolute Gasteiger partial charge is 0.265 e. The molecule has 5 heteroatoms. The van der Waals surface area contributed by atoms with E-state index in [1.807, 2.05) is 19.1 Å². The topological polar surface area (TPSA) is 55.1 Å². The van der Waals surface area contributed by atoms with Crippen LogP contribution in [0.2, 0.25) is 5.02 Å². The zero-order valence-electron chi connectivity index (χ0n) is 10.8. The van der Waals surface area contributed by atoms with Crippen molar-refractivity contribution >= 4 is 40.2 Å². The van der Waals surface area contributed by atoms with Crippen LogP contribution in [0, 0.1) is 6.92 Å². The lowest BCUT2D eigenvalue weighted by Crippen LogP contribution is -2.11. The Morgan fingerprint density at radius 1 is 1.42 bits per heavy atom. The predicted molar refractivity (Wildman–Crippen MR) is 82.3 cm³/mol. The fourth-order valence-corrected chi connectivity index (χ4v) is 2.72. The Balaban J connectivity index is 2.21. The van der Waals surface area contributed by atoms with Gasteiger partial charge in [-0.3, -0.25) is 4.79 Å². The van der Waals surface area contributed by atoms with Gasteiger partial charge in [-0.1, -0.05) is 18.5 Å². The number of benzene rings is 1. The minimum Gasteiger partial charge on any atom is -0.398 e. The summed E-state index contributed by atoms with van der Waals surface area (Å²) in [5.41, 5.74) is 7.81. The highest BCUT2D eigenvalue weighted by atomic mass is 35.5. The maximum Gasteiger partial charge on any atom is 0.265 e. The van der Waals surface area contributed by atoms with E-state index in [0.717, 1.165) is 12.0 Å². The van der Waals surface area contributed by atoms with E-state index in [-0.39, 0.29) is 5.91 Å². The van der Waals surface area contributed by atoms with Gasteiger partial charge in [0, 0.05) is 10.6 Å². The second kappa shape index (κ2) is 5.63. The van der Waals surface area contributed by atoms with Gasteiger partial charge in [0.15, 0.2) is 0 Å². The maximum absolute atomic E-state index is 12.1. The zero-order valence-corrected chi connectivity index (χ0v) is 12.4. The summed E-state index contributed by atoms with van der Waals surface area (Å²) in [6, 6.07) is 7.25. The van der Waals surface area contributed by atoms with E-state index in [9.17, 15) is 4.79 Å². The molecule has 1 amide bonds. The van der Waals surface area contributed by atoms with E-state index in [4.69, 9.17) is 17.3 Å². The first-order valence-electron chi connectivity index (χ1n) is 5.97. The largest absolute Gasteiger partial charge is 0.398 e. The standard InChI is InChI=1S/C14H15ClN2OS/c1-3-9-4-5-13(19-9)14(18)17-12-7-10(15)11(16)6-8(12)2/h4-7H,3,16H2,1-2H3,(H,17,18). The molecule has 2 rings (SSSR count). The summed E-state index contributed by atoms with van der Waals surface area (Å²) in [5.74, 6) is -0.117. The number of halogens is 1. The Morgan fingerprint density at radius 3 is 2.79 bits per heavy atom. The molecule has 1 aromatic heterocycles. The Kier molecular flexibility index (Phi) is 4.12. The van der Waals surface area contributed by atoms with E-state index < -0.39 is 0 Å². The molecule has 0 aliphatic carbocycles. The summed E-state index contributed by atoms with van der Waals surface area (Å²) < 4.78 is 0. The van der Waals surface area contributed by atoms with Gasteiger partial charge in [0.2, 0.25) is 0 Å². The lowest BCUT2D eigenvalue weighted by molar-refractivity contribution is 0.103. The van der Waals surface area contributed by atoms with Crippen LogP contribution in [0.5, 0.6) is 0 Å². The highest BCUT2D eigenvalue weighted by Gasteiger charge is 2.11. The summed E-state index contributed by atoms with van der Waals surface area (Å²) in [6.45, 7) is 3.95. The molecule has 0 bridgehead atoms. The van der Waals surface area contributed by atoms with Gasteiger partial charge in [-0.15, -0.1) is 11.3 Å². The molecule has 1 heterocycles. The van der Waals surface area contributed by atoms with Gasteiger partial charge in [0.25, 0.3) is 5.91 Å². The highest BCUT2D eigenvalue weighted by molar-refractivity contribution is 7.14. The normalized spacial score (nSPS) is 10.5. The fourth-order valence-electron chi connectivity index (χ4n) is 1.71. The molecule has 0 aliphatic heterocycles. The lowest BCUT2D eigenvalue weighted by atomic mass is 10.1. The van der Waals surface area contributed by atoms with E-state index >= 15 is 0 Å². The van der Waals surface area contributed by atoms with E-state index in [1.54, 1.807) is 12.1 Å². The van der Waals surface area contributed by atoms with Crippen LogP contribution in [0.3, 0.4) is 0 Å². The molecule has 0 fully saturated rings. The molecule has 0 spiro atoms. The van der Waals surface area contributed by atoms with Crippen LogP contribution < -0.4 is 11.1 Å². The minimum atomic E-state index is -0.117. The number of hydrogen-bond donors (Lipinski definition) is 2. The second-order valence-electron chi connectivity index (χ2n) is 4.26. The van der Waals surface area contributed by atoms with Crippen molar-refractivity contribution in [3.05, 3.63) is 44.6 Å². The molecule has 0 radical (unpaired) electrons. The molecular weight excluding hydrogens is 280 g/mol. The number of carbonyl (C=O) groups excluding carboxylic acids is 1. The van der Waals surface area contributed by atoms with E-state index in [1.165, 1.54) is 16.2 Å². The Morgan fingerprint density at radius 2 is 2.16 bits per heavy atom. The van der Waals surface area contributed by atoms with Gasteiger partial charge in [-0.2, -0.15) is 0 Å². The third kappa shape index (κ3) is 3.08. The van der Waals surface area contributed by atoms with Crippen LogP contribution in [0.15, 0.2) is 24.3 Å². The zero-order chi connectivity index (χ0) is 14.0. The first kappa shape index (κ1) is 13.9. The van der Waals surface area contributed by atoms with Crippen LogP contribution >= 0.6 is 22.9 Å². The van der Waals surface area contributed by atoms with Crippen molar-refractivity contribution in [1.82, 2.24) is 0 Å². The molecule has 3 nitrogen and oxygen atoms in total. The van der Waals surface area contributed by atoms with Crippen LogP contribution in [-0.2, 0) is 6.42 Å². The highest BCUT2D eigenvalue weighted by Crippen LogP contribution is 2.27. The van der Waals surface area contributed by atoms with Gasteiger partial charge in [0.05, 0.1) is 15.6 Å². The van der Waals surface area contributed by atoms with Gasteiger partial charge in [0.1, 0.15) is 0 Å². The first-order chi connectivity index (χ1) is 9.01. The van der Waals surface area contributed by atoms with E-state index in [2.05, 4.69) is 12.2 Å². The fraction of sp³-hybridized carbons (Fsp3) is 0.214. The molecule has 0 unspecified atom stereocenters. The Labute approximate surface area is 121 Å². The number of nitrogens with two attached hydrogens (primary N) is 1. The summed E-state index contributed by atoms with van der Waals surface area (Å²) in [5, 5.41) is 3.31. The van der Waals surface area contributed by atoms with Crippen molar-refractivity contribution in [2.24, 2.45) is 0 Å². The van der Waals surface area contributed by atoms with E-state index in [0.29, 0.717) is 21.3 Å². The molecule has 2 aromatic rings. The number of anilines is 2. The molecular formula is C14H15ClN2OS. The van der Waals surface area contributed by atoms with Gasteiger partial charge >= 0.3 is 0 Å². The first-order valence-corrected chi connectivity index (χ1v) is 7.16. The molecule has 0 saturated carbocycles. The number of rotatable bonds is 3. The van der Waals surface area contributed by atoms with Gasteiger partial charge in [-0.25, -0.2) is 0 Å². The van der Waals surface area contributed by atoms with Gasteiger partial charge in [-0.05, 0) is 43.2 Å². The summed E-state index contributed by atoms with van der Waals surface area (Å²) in [6.07, 6.45) is 0.935. The summed E-state index contributed by atoms with van der Waals surface area (Å²) >= 11 is 7.47. The maximum atomic E-state index is 12.1. The Hall–Kier alpha value is -1.52. The van der Waals surface area contributed by atoms with Crippen LogP contribution in [0.4, 0.5) is 11.4 Å². The van der Waals surface area contributed by atoms with Crippen molar-refractivity contribution in [2.45, 2.75) is 20.3 Å². The van der Waals surface area contributed by atoms with Crippen molar-refractivity contribution < 1.29 is 4.79 Å². The third-order valence-corrected chi connectivity index (χ3v) is 4.38. The number of nitrogens with one attached hydrogen (secondary N) is 1.